The Balaban J connectivity index is 1.90. The van der Waals surface area contributed by atoms with E-state index >= 15 is 0 Å². The summed E-state index contributed by atoms with van der Waals surface area (Å²) in [6.45, 7) is 1.86. The number of aryl methyl sites for hydroxylation is 1. The van der Waals surface area contributed by atoms with Crippen molar-refractivity contribution in [1.29, 1.82) is 0 Å². The van der Waals surface area contributed by atoms with E-state index in [1.807, 2.05) is 6.92 Å². The molecule has 1 saturated carbocycles. The maximum Gasteiger partial charge on any atom is 0.271 e. The van der Waals surface area contributed by atoms with Gasteiger partial charge in [-0.15, -0.1) is 0 Å². The van der Waals surface area contributed by atoms with Gasteiger partial charge >= 0.3 is 0 Å². The number of hydrogen-bond donors (Lipinski definition) is 3. The molecule has 1 aliphatic rings. The summed E-state index contributed by atoms with van der Waals surface area (Å²) in [5, 5.41) is 9.48. The van der Waals surface area contributed by atoms with Gasteiger partial charge in [-0.05, 0) is 25.8 Å². The predicted octanol–water partition coefficient (Wildman–Crippen LogP) is -0.0624. The Morgan fingerprint density at radius 2 is 2.43 bits per heavy atom. The number of nitrogens with zero attached hydrogens (tertiary/aromatic N) is 1. The second-order valence-electron chi connectivity index (χ2n) is 3.84. The lowest BCUT2D eigenvalue weighted by molar-refractivity contribution is 0.0905. The summed E-state index contributed by atoms with van der Waals surface area (Å²) in [5.41, 5.74) is 6.95. The minimum Gasteiger partial charge on any atom is -0.348 e. The van der Waals surface area contributed by atoms with E-state index < -0.39 is 0 Å². The minimum atomic E-state index is -0.119. The zero-order valence-corrected chi connectivity index (χ0v) is 8.08. The molecule has 0 bridgehead atoms. The average Bonchev–Trinajstić information content (AvgIpc) is 2.49. The number of nitrogens with two attached hydrogens (primary N) is 1. The van der Waals surface area contributed by atoms with E-state index in [1.165, 1.54) is 0 Å². The smallest absolute Gasteiger partial charge is 0.271 e. The topological polar surface area (TPSA) is 83.8 Å². The summed E-state index contributed by atoms with van der Waals surface area (Å²) < 4.78 is 0. The lowest BCUT2D eigenvalue weighted by atomic mass is 9.87. The van der Waals surface area contributed by atoms with Crippen molar-refractivity contribution in [3.63, 3.8) is 0 Å². The molecule has 0 saturated heterocycles. The van der Waals surface area contributed by atoms with E-state index in [2.05, 4.69) is 15.5 Å². The highest BCUT2D eigenvalue weighted by Gasteiger charge is 2.27. The van der Waals surface area contributed by atoms with Crippen LogP contribution >= 0.6 is 0 Å². The van der Waals surface area contributed by atoms with Gasteiger partial charge in [-0.3, -0.25) is 9.89 Å². The van der Waals surface area contributed by atoms with Crippen molar-refractivity contribution in [2.24, 2.45) is 5.73 Å². The zero-order chi connectivity index (χ0) is 10.1. The summed E-state index contributed by atoms with van der Waals surface area (Å²) in [6.07, 6.45) is 1.74. The van der Waals surface area contributed by atoms with E-state index in [0.29, 0.717) is 5.69 Å². The molecule has 1 aliphatic carbocycles. The van der Waals surface area contributed by atoms with Gasteiger partial charge < -0.3 is 11.1 Å². The Morgan fingerprint density at radius 1 is 1.71 bits per heavy atom. The van der Waals surface area contributed by atoms with E-state index in [1.54, 1.807) is 6.07 Å². The highest BCUT2D eigenvalue weighted by atomic mass is 16.2. The van der Waals surface area contributed by atoms with Crippen LogP contribution in [-0.4, -0.2) is 28.2 Å². The standard InChI is InChI=1S/C9H14N4O/c1-5-2-8(13-12-5)9(14)11-7-3-6(10)4-7/h2,6-7H,3-4,10H2,1H3,(H,11,14)(H,12,13). The van der Waals surface area contributed by atoms with Crippen LogP contribution in [0, 0.1) is 6.92 Å². The minimum absolute atomic E-state index is 0.119. The Morgan fingerprint density at radius 3 is 2.93 bits per heavy atom. The van der Waals surface area contributed by atoms with Crippen LogP contribution in [0.3, 0.4) is 0 Å². The van der Waals surface area contributed by atoms with Gasteiger partial charge in [-0.2, -0.15) is 5.10 Å². The fourth-order valence-electron chi connectivity index (χ4n) is 1.57. The number of H-pyrrole nitrogens is 1. The van der Waals surface area contributed by atoms with Crippen molar-refractivity contribution >= 4 is 5.91 Å². The highest BCUT2D eigenvalue weighted by Crippen LogP contribution is 2.17. The monoisotopic (exact) mass is 194 g/mol. The highest BCUT2D eigenvalue weighted by molar-refractivity contribution is 5.92. The van der Waals surface area contributed by atoms with Crippen molar-refractivity contribution < 1.29 is 4.79 Å². The van der Waals surface area contributed by atoms with Gasteiger partial charge in [0.25, 0.3) is 5.91 Å². The largest absolute Gasteiger partial charge is 0.348 e. The zero-order valence-electron chi connectivity index (χ0n) is 8.08. The number of nitrogens with one attached hydrogen (secondary N) is 2. The third-order valence-corrected chi connectivity index (χ3v) is 2.45. The van der Waals surface area contributed by atoms with Crippen LogP contribution in [0.15, 0.2) is 6.07 Å². The number of amides is 1. The first-order valence-corrected chi connectivity index (χ1v) is 4.73. The molecule has 5 heteroatoms. The van der Waals surface area contributed by atoms with E-state index in [9.17, 15) is 4.79 Å². The predicted molar refractivity (Wildman–Crippen MR) is 51.8 cm³/mol. The van der Waals surface area contributed by atoms with Gasteiger partial charge in [0.15, 0.2) is 0 Å². The quantitative estimate of drug-likeness (QED) is 0.616. The van der Waals surface area contributed by atoms with Gasteiger partial charge in [0, 0.05) is 17.8 Å². The molecular weight excluding hydrogens is 180 g/mol. The fourth-order valence-corrected chi connectivity index (χ4v) is 1.57. The molecule has 0 aliphatic heterocycles. The Kier molecular flexibility index (Phi) is 2.25. The van der Waals surface area contributed by atoms with Crippen molar-refractivity contribution in [1.82, 2.24) is 15.5 Å². The van der Waals surface area contributed by atoms with Crippen molar-refractivity contribution in [2.75, 3.05) is 0 Å². The van der Waals surface area contributed by atoms with Crippen LogP contribution in [0.4, 0.5) is 0 Å². The SMILES string of the molecule is Cc1cc(C(=O)NC2CC(N)C2)n[nH]1. The molecule has 0 spiro atoms. The molecule has 1 fully saturated rings. The maximum absolute atomic E-state index is 11.5. The van der Waals surface area contributed by atoms with Crippen LogP contribution in [0.2, 0.25) is 0 Å². The van der Waals surface area contributed by atoms with E-state index in [0.717, 1.165) is 18.5 Å². The number of rotatable bonds is 2. The summed E-state index contributed by atoms with van der Waals surface area (Å²) in [6, 6.07) is 2.21. The molecule has 2 rings (SSSR count). The molecule has 5 nitrogen and oxygen atoms in total. The van der Waals surface area contributed by atoms with Gasteiger partial charge in [0.1, 0.15) is 5.69 Å². The summed E-state index contributed by atoms with van der Waals surface area (Å²) in [5.74, 6) is -0.119. The maximum atomic E-state index is 11.5. The molecule has 0 atom stereocenters. The normalized spacial score (nSPS) is 25.6. The van der Waals surface area contributed by atoms with Gasteiger partial charge in [-0.25, -0.2) is 0 Å². The molecular formula is C9H14N4O. The van der Waals surface area contributed by atoms with E-state index in [4.69, 9.17) is 5.73 Å². The first-order valence-electron chi connectivity index (χ1n) is 4.73. The fraction of sp³-hybridized carbons (Fsp3) is 0.556. The molecule has 1 aromatic heterocycles. The third kappa shape index (κ3) is 1.77. The molecule has 0 unspecified atom stereocenters. The number of aromatic nitrogens is 2. The van der Waals surface area contributed by atoms with Crippen LogP contribution < -0.4 is 11.1 Å². The molecule has 0 aromatic carbocycles. The molecule has 4 N–H and O–H groups in total. The number of carbonyl (C=O) groups is 1. The van der Waals surface area contributed by atoms with Crippen LogP contribution in [-0.2, 0) is 0 Å². The Bertz CT molecular complexity index is 340. The van der Waals surface area contributed by atoms with Crippen molar-refractivity contribution in [3.05, 3.63) is 17.5 Å². The molecule has 1 heterocycles. The Hall–Kier alpha value is -1.36. The Labute approximate surface area is 82.1 Å². The third-order valence-electron chi connectivity index (χ3n) is 2.45. The first-order chi connectivity index (χ1) is 6.65. The molecule has 1 aromatic rings. The van der Waals surface area contributed by atoms with Crippen LogP contribution in [0.1, 0.15) is 29.0 Å². The van der Waals surface area contributed by atoms with Crippen molar-refractivity contribution in [3.8, 4) is 0 Å². The summed E-state index contributed by atoms with van der Waals surface area (Å²) >= 11 is 0. The number of hydrogen-bond acceptors (Lipinski definition) is 3. The van der Waals surface area contributed by atoms with Gasteiger partial charge in [-0.1, -0.05) is 0 Å². The molecule has 0 radical (unpaired) electrons. The lowest BCUT2D eigenvalue weighted by Gasteiger charge is -2.32. The molecule has 14 heavy (non-hydrogen) atoms. The van der Waals surface area contributed by atoms with Crippen molar-refractivity contribution in [2.45, 2.75) is 31.8 Å². The summed E-state index contributed by atoms with van der Waals surface area (Å²) in [7, 11) is 0. The van der Waals surface area contributed by atoms with Gasteiger partial charge in [0.2, 0.25) is 0 Å². The number of carbonyl (C=O) groups excluding carboxylic acids is 1. The molecule has 76 valence electrons. The first kappa shape index (κ1) is 9.21. The number of aromatic amines is 1. The molecule has 1 amide bonds. The van der Waals surface area contributed by atoms with Crippen LogP contribution in [0.25, 0.3) is 0 Å². The van der Waals surface area contributed by atoms with E-state index in [-0.39, 0.29) is 18.0 Å². The average molecular weight is 194 g/mol. The second kappa shape index (κ2) is 3.42. The lowest BCUT2D eigenvalue weighted by Crippen LogP contribution is -2.50. The van der Waals surface area contributed by atoms with Gasteiger partial charge in [0.05, 0.1) is 0 Å². The van der Waals surface area contributed by atoms with Crippen LogP contribution in [0.5, 0.6) is 0 Å². The summed E-state index contributed by atoms with van der Waals surface area (Å²) in [4.78, 5) is 11.5. The second-order valence-corrected chi connectivity index (χ2v) is 3.84.